The number of benzene rings is 7. The van der Waals surface area contributed by atoms with Gasteiger partial charge in [0.1, 0.15) is 0 Å². The van der Waals surface area contributed by atoms with Gasteiger partial charge in [0.05, 0.1) is 5.69 Å². The van der Waals surface area contributed by atoms with Crippen LogP contribution in [-0.4, -0.2) is 0 Å². The summed E-state index contributed by atoms with van der Waals surface area (Å²) in [4.78, 5) is 2.51. The van der Waals surface area contributed by atoms with E-state index in [9.17, 15) is 0 Å². The first-order valence-electron chi connectivity index (χ1n) is 18.5. The predicted molar refractivity (Wildman–Crippen MR) is 217 cm³/mol. The molecule has 1 nitrogen and oxygen atoms in total. The van der Waals surface area contributed by atoms with E-state index in [0.717, 1.165) is 11.8 Å². The second kappa shape index (κ2) is 11.3. The van der Waals surface area contributed by atoms with Crippen LogP contribution in [0, 0.1) is 11.8 Å². The summed E-state index contributed by atoms with van der Waals surface area (Å²) < 4.78 is 2.68. The number of anilines is 3. The molecule has 11 rings (SSSR count). The van der Waals surface area contributed by atoms with Gasteiger partial charge >= 0.3 is 0 Å². The van der Waals surface area contributed by atoms with E-state index in [1.165, 1.54) is 96.3 Å². The van der Waals surface area contributed by atoms with Crippen LogP contribution in [0.25, 0.3) is 53.6 Å². The van der Waals surface area contributed by atoms with Crippen molar-refractivity contribution in [3.05, 3.63) is 175 Å². The van der Waals surface area contributed by atoms with Crippen LogP contribution in [0.2, 0.25) is 0 Å². The van der Waals surface area contributed by atoms with Crippen molar-refractivity contribution in [1.29, 1.82) is 0 Å². The average Bonchev–Trinajstić information content (AvgIpc) is 3.97. The zero-order valence-electron chi connectivity index (χ0n) is 28.4. The third-order valence-electron chi connectivity index (χ3n) is 12.4. The predicted octanol–water partition coefficient (Wildman–Crippen LogP) is 13.9. The topological polar surface area (TPSA) is 3.24 Å². The van der Waals surface area contributed by atoms with Crippen molar-refractivity contribution in [2.45, 2.75) is 31.1 Å². The summed E-state index contributed by atoms with van der Waals surface area (Å²) in [6, 6.07) is 61.3. The number of fused-ring (bicyclic) bond motifs is 11. The van der Waals surface area contributed by atoms with Gasteiger partial charge in [0.25, 0.3) is 0 Å². The third-order valence-corrected chi connectivity index (χ3v) is 13.5. The molecular formula is C49H37NS. The Morgan fingerprint density at radius 2 is 1.16 bits per heavy atom. The van der Waals surface area contributed by atoms with Gasteiger partial charge in [0.2, 0.25) is 0 Å². The number of rotatable bonds is 5. The van der Waals surface area contributed by atoms with E-state index in [-0.39, 0.29) is 5.41 Å². The summed E-state index contributed by atoms with van der Waals surface area (Å²) in [6.45, 7) is 0. The molecule has 3 aliphatic carbocycles. The normalized spacial score (nSPS) is 19.9. The lowest BCUT2D eigenvalue weighted by atomic mass is 9.67. The monoisotopic (exact) mass is 671 g/mol. The van der Waals surface area contributed by atoms with E-state index in [1.54, 1.807) is 11.1 Å². The number of nitrogens with zero attached hydrogens (tertiary/aromatic N) is 1. The summed E-state index contributed by atoms with van der Waals surface area (Å²) in [5.74, 6) is 1.58. The Balaban J connectivity index is 1.06. The van der Waals surface area contributed by atoms with E-state index in [0.29, 0.717) is 0 Å². The van der Waals surface area contributed by atoms with E-state index >= 15 is 0 Å². The summed E-state index contributed by atoms with van der Waals surface area (Å²) in [7, 11) is 0. The summed E-state index contributed by atoms with van der Waals surface area (Å²) in [6.07, 6.45) is 5.40. The molecule has 2 bridgehead atoms. The molecule has 2 fully saturated rings. The maximum atomic E-state index is 2.51. The SMILES string of the molecule is c1ccc(-c2ccc(N(c3ccc(-c4ccc5c(c4)sc4ccccc45)cc3)c3cccc4c3-c3ccccc3[C@]43C[C@H]4CC[C@@H]3C4)cc2)cc1. The summed E-state index contributed by atoms with van der Waals surface area (Å²) in [5, 5.41) is 2.69. The fraction of sp³-hybridized carbons (Fsp3) is 0.143. The second-order valence-corrected chi connectivity index (χ2v) is 16.0. The van der Waals surface area contributed by atoms with E-state index in [1.807, 2.05) is 11.3 Å². The van der Waals surface area contributed by atoms with E-state index in [4.69, 9.17) is 0 Å². The van der Waals surface area contributed by atoms with Crippen molar-refractivity contribution in [3.8, 4) is 33.4 Å². The number of hydrogen-bond donors (Lipinski definition) is 0. The minimum Gasteiger partial charge on any atom is -0.310 e. The molecule has 1 aromatic heterocycles. The Morgan fingerprint density at radius 1 is 0.510 bits per heavy atom. The molecule has 0 radical (unpaired) electrons. The van der Waals surface area contributed by atoms with Crippen LogP contribution in [-0.2, 0) is 5.41 Å². The first-order chi connectivity index (χ1) is 25.2. The Hall–Kier alpha value is -5.44. The van der Waals surface area contributed by atoms with Crippen molar-refractivity contribution in [3.63, 3.8) is 0 Å². The summed E-state index contributed by atoms with van der Waals surface area (Å²) in [5.41, 5.74) is 14.7. The van der Waals surface area contributed by atoms with Crippen molar-refractivity contribution in [2.75, 3.05) is 4.90 Å². The van der Waals surface area contributed by atoms with Crippen LogP contribution in [0.5, 0.6) is 0 Å². The fourth-order valence-corrected chi connectivity index (χ4v) is 11.3. The first kappa shape index (κ1) is 29.3. The Bertz CT molecular complexity index is 2600. The third kappa shape index (κ3) is 4.39. The molecule has 0 N–H and O–H groups in total. The quantitative estimate of drug-likeness (QED) is 0.176. The molecule has 244 valence electrons. The van der Waals surface area contributed by atoms with Gasteiger partial charge in [0.15, 0.2) is 0 Å². The molecule has 2 heteroatoms. The summed E-state index contributed by atoms with van der Waals surface area (Å²) >= 11 is 1.88. The molecule has 8 aromatic rings. The molecule has 51 heavy (non-hydrogen) atoms. The minimum absolute atomic E-state index is 0.142. The highest BCUT2D eigenvalue weighted by atomic mass is 32.1. The van der Waals surface area contributed by atoms with Crippen LogP contribution in [0.4, 0.5) is 17.1 Å². The molecular weight excluding hydrogens is 635 g/mol. The van der Waals surface area contributed by atoms with Gasteiger partial charge in [-0.25, -0.2) is 0 Å². The van der Waals surface area contributed by atoms with Gasteiger partial charge in [-0.2, -0.15) is 0 Å². The maximum absolute atomic E-state index is 2.51. The van der Waals surface area contributed by atoms with Gasteiger partial charge in [-0.05, 0) is 113 Å². The zero-order valence-corrected chi connectivity index (χ0v) is 29.2. The molecule has 1 spiro atoms. The van der Waals surface area contributed by atoms with Crippen molar-refractivity contribution >= 4 is 48.6 Å². The van der Waals surface area contributed by atoms with E-state index in [2.05, 4.69) is 169 Å². The Labute approximate surface area is 303 Å². The van der Waals surface area contributed by atoms with Crippen LogP contribution in [0.3, 0.4) is 0 Å². The van der Waals surface area contributed by atoms with E-state index < -0.39 is 0 Å². The second-order valence-electron chi connectivity index (χ2n) is 14.9. The first-order valence-corrected chi connectivity index (χ1v) is 19.3. The van der Waals surface area contributed by atoms with Gasteiger partial charge in [0, 0.05) is 42.5 Å². The molecule has 0 aliphatic heterocycles. The molecule has 3 atom stereocenters. The standard InChI is InChI=1S/C49H37NS/c1-2-9-33(10-3-1)34-18-24-38(25-19-34)50(39-26-20-35(21-27-39)36-22-28-41-40-11-5-7-16-46(40)51-47(41)30-36)45-15-8-14-44-48(45)42-12-4-6-13-43(42)49(44)31-32-17-23-37(49)29-32/h1-16,18-22,24-28,30,32,37H,17,23,29,31H2/t32-,37+,49+/m0/s1. The maximum Gasteiger partial charge on any atom is 0.0543 e. The highest BCUT2D eigenvalue weighted by Crippen LogP contribution is 2.67. The highest BCUT2D eigenvalue weighted by molar-refractivity contribution is 7.25. The molecule has 1 heterocycles. The smallest absolute Gasteiger partial charge is 0.0543 e. The molecule has 7 aromatic carbocycles. The lowest BCUT2D eigenvalue weighted by Gasteiger charge is -2.37. The lowest BCUT2D eigenvalue weighted by molar-refractivity contribution is 0.327. The van der Waals surface area contributed by atoms with Crippen LogP contribution >= 0.6 is 11.3 Å². The Kier molecular flexibility index (Phi) is 6.48. The lowest BCUT2D eigenvalue weighted by Crippen LogP contribution is -2.31. The number of thiophene rings is 1. The van der Waals surface area contributed by atoms with Crippen molar-refractivity contribution in [1.82, 2.24) is 0 Å². The molecule has 0 saturated heterocycles. The van der Waals surface area contributed by atoms with Gasteiger partial charge in [-0.15, -0.1) is 11.3 Å². The number of hydrogen-bond acceptors (Lipinski definition) is 2. The van der Waals surface area contributed by atoms with Crippen LogP contribution in [0.15, 0.2) is 164 Å². The molecule has 2 saturated carbocycles. The largest absolute Gasteiger partial charge is 0.310 e. The van der Waals surface area contributed by atoms with Crippen LogP contribution < -0.4 is 4.90 Å². The molecule has 3 aliphatic rings. The zero-order chi connectivity index (χ0) is 33.5. The van der Waals surface area contributed by atoms with Crippen molar-refractivity contribution < 1.29 is 0 Å². The Morgan fingerprint density at radius 3 is 1.92 bits per heavy atom. The highest BCUT2D eigenvalue weighted by Gasteiger charge is 2.57. The average molecular weight is 672 g/mol. The van der Waals surface area contributed by atoms with Gasteiger partial charge in [-0.3, -0.25) is 0 Å². The molecule has 0 amide bonds. The van der Waals surface area contributed by atoms with Gasteiger partial charge in [-0.1, -0.05) is 128 Å². The molecule has 0 unspecified atom stereocenters. The van der Waals surface area contributed by atoms with Crippen LogP contribution in [0.1, 0.15) is 36.8 Å². The minimum atomic E-state index is 0.142. The van der Waals surface area contributed by atoms with Gasteiger partial charge < -0.3 is 4.90 Å². The van der Waals surface area contributed by atoms with Crippen molar-refractivity contribution in [2.24, 2.45) is 11.8 Å². The fourth-order valence-electron chi connectivity index (χ4n) is 10.2.